The second-order valence-electron chi connectivity index (χ2n) is 10.7. The van der Waals surface area contributed by atoms with Gasteiger partial charge >= 0.3 is 0 Å². The van der Waals surface area contributed by atoms with Gasteiger partial charge in [0.15, 0.2) is 14.1 Å². The van der Waals surface area contributed by atoms with E-state index in [9.17, 15) is 9.90 Å². The summed E-state index contributed by atoms with van der Waals surface area (Å²) in [6, 6.07) is 0. The minimum atomic E-state index is -2.10. The Balaban J connectivity index is 2.44. The van der Waals surface area contributed by atoms with Gasteiger partial charge in [0.25, 0.3) is 0 Å². The van der Waals surface area contributed by atoms with E-state index >= 15 is 0 Å². The first-order valence-corrected chi connectivity index (χ1v) is 13.5. The Bertz CT molecular complexity index is 717. The molecule has 1 saturated heterocycles. The van der Waals surface area contributed by atoms with Gasteiger partial charge in [0, 0.05) is 0 Å². The highest BCUT2D eigenvalue weighted by molar-refractivity contribution is 6.74. The molecular weight excluding hydrogens is 380 g/mol. The van der Waals surface area contributed by atoms with Crippen LogP contribution in [-0.2, 0) is 14.0 Å². The van der Waals surface area contributed by atoms with Crippen LogP contribution >= 0.6 is 0 Å². The molecule has 1 aliphatic carbocycles. The van der Waals surface area contributed by atoms with Crippen molar-refractivity contribution in [1.29, 1.82) is 0 Å². The topological polar surface area (TPSA) is 55.8 Å². The summed E-state index contributed by atoms with van der Waals surface area (Å²) in [5, 5.41) is 11.2. The Morgan fingerprint density at radius 1 is 1.41 bits per heavy atom. The lowest BCUT2D eigenvalue weighted by Crippen LogP contribution is -2.63. The number of ether oxygens (including phenoxy) is 1. The van der Waals surface area contributed by atoms with Crippen molar-refractivity contribution in [3.63, 3.8) is 0 Å². The van der Waals surface area contributed by atoms with Gasteiger partial charge in [-0.25, -0.2) is 0 Å². The molecule has 1 heterocycles. The Morgan fingerprint density at radius 3 is 2.48 bits per heavy atom. The predicted molar refractivity (Wildman–Crippen MR) is 121 cm³/mol. The van der Waals surface area contributed by atoms with Crippen molar-refractivity contribution in [2.75, 3.05) is 6.61 Å². The first-order valence-electron chi connectivity index (χ1n) is 10.6. The lowest BCUT2D eigenvalue weighted by Gasteiger charge is -2.50. The van der Waals surface area contributed by atoms with E-state index in [2.05, 4.69) is 47.0 Å². The van der Waals surface area contributed by atoms with Crippen molar-refractivity contribution in [3.8, 4) is 0 Å². The van der Waals surface area contributed by atoms with Crippen molar-refractivity contribution in [1.82, 2.24) is 0 Å². The molecular formula is C24H40O4Si. The van der Waals surface area contributed by atoms with Gasteiger partial charge in [-0.3, -0.25) is 4.79 Å². The van der Waals surface area contributed by atoms with Crippen LogP contribution in [0.3, 0.4) is 0 Å². The number of carbonyl (C=O) groups excluding carboxylic acids is 1. The summed E-state index contributed by atoms with van der Waals surface area (Å²) >= 11 is 0. The zero-order valence-corrected chi connectivity index (χ0v) is 20.6. The van der Waals surface area contributed by atoms with E-state index < -0.39 is 25.4 Å². The second-order valence-corrected chi connectivity index (χ2v) is 15.4. The van der Waals surface area contributed by atoms with Crippen LogP contribution in [0.1, 0.15) is 54.4 Å². The maximum atomic E-state index is 13.8. The lowest BCUT2D eigenvalue weighted by atomic mass is 9.57. The second kappa shape index (κ2) is 7.91. The number of Topliss-reactive ketones (excluding diaryl/α,β-unsaturated/α-hetero) is 1. The Kier molecular flexibility index (Phi) is 6.62. The molecule has 29 heavy (non-hydrogen) atoms. The molecule has 0 aromatic heterocycles. The molecule has 5 atom stereocenters. The largest absolute Gasteiger partial charge is 0.411 e. The number of aliphatic hydroxyl groups is 1. The van der Waals surface area contributed by atoms with Crippen LogP contribution in [0.25, 0.3) is 0 Å². The molecule has 0 amide bonds. The number of ketones is 1. The maximum absolute atomic E-state index is 13.8. The van der Waals surface area contributed by atoms with E-state index in [0.717, 1.165) is 11.1 Å². The molecule has 0 spiro atoms. The number of rotatable bonds is 7. The zero-order chi connectivity index (χ0) is 22.4. The average molecular weight is 421 g/mol. The molecule has 2 aliphatic rings. The van der Waals surface area contributed by atoms with Crippen molar-refractivity contribution in [3.05, 3.63) is 36.5 Å². The summed E-state index contributed by atoms with van der Waals surface area (Å²) in [7, 11) is -2.10. The zero-order valence-electron chi connectivity index (χ0n) is 19.6. The quantitative estimate of drug-likeness (QED) is 0.349. The van der Waals surface area contributed by atoms with E-state index in [1.807, 2.05) is 26.8 Å². The van der Waals surface area contributed by atoms with Crippen LogP contribution in [-0.4, -0.2) is 43.6 Å². The maximum Gasteiger partial charge on any atom is 0.192 e. The third-order valence-corrected chi connectivity index (χ3v) is 12.1. The van der Waals surface area contributed by atoms with Crippen LogP contribution in [0.5, 0.6) is 0 Å². The lowest BCUT2D eigenvalue weighted by molar-refractivity contribution is -0.155. The highest BCUT2D eigenvalue weighted by Gasteiger charge is 2.69. The number of allylic oxidation sites excluding steroid dienone is 3. The molecule has 1 aliphatic heterocycles. The van der Waals surface area contributed by atoms with Crippen molar-refractivity contribution >= 4 is 14.1 Å². The molecule has 1 N–H and O–H groups in total. The Morgan fingerprint density at radius 2 is 2.00 bits per heavy atom. The monoisotopic (exact) mass is 420 g/mol. The smallest absolute Gasteiger partial charge is 0.192 e. The van der Waals surface area contributed by atoms with Gasteiger partial charge in [-0.1, -0.05) is 57.2 Å². The van der Waals surface area contributed by atoms with E-state index in [1.165, 1.54) is 0 Å². The first-order chi connectivity index (χ1) is 13.1. The van der Waals surface area contributed by atoms with Gasteiger partial charge in [-0.15, -0.1) is 0 Å². The number of carbonyl (C=O) groups is 1. The van der Waals surface area contributed by atoms with Crippen molar-refractivity contribution in [2.24, 2.45) is 11.3 Å². The van der Waals surface area contributed by atoms with E-state index in [4.69, 9.17) is 9.16 Å². The summed E-state index contributed by atoms with van der Waals surface area (Å²) in [5.41, 5.74) is -0.111. The summed E-state index contributed by atoms with van der Waals surface area (Å²) < 4.78 is 12.9. The first kappa shape index (κ1) is 24.3. The van der Waals surface area contributed by atoms with Gasteiger partial charge < -0.3 is 14.3 Å². The van der Waals surface area contributed by atoms with E-state index in [-0.39, 0.29) is 29.5 Å². The Labute approximate surface area is 178 Å². The van der Waals surface area contributed by atoms with E-state index in [1.54, 1.807) is 6.08 Å². The van der Waals surface area contributed by atoms with Crippen molar-refractivity contribution in [2.45, 2.75) is 90.3 Å². The highest BCUT2D eigenvalue weighted by Crippen LogP contribution is 2.56. The summed E-state index contributed by atoms with van der Waals surface area (Å²) in [5.74, 6) is -0.210. The van der Waals surface area contributed by atoms with Crippen LogP contribution < -0.4 is 0 Å². The molecule has 5 heteroatoms. The van der Waals surface area contributed by atoms with Crippen molar-refractivity contribution < 1.29 is 19.1 Å². The van der Waals surface area contributed by atoms with Gasteiger partial charge in [0.2, 0.25) is 0 Å². The molecule has 0 unspecified atom stereocenters. The fourth-order valence-corrected chi connectivity index (χ4v) is 5.80. The van der Waals surface area contributed by atoms with Crippen LogP contribution in [0.2, 0.25) is 18.1 Å². The van der Waals surface area contributed by atoms with Crippen LogP contribution in [0.4, 0.5) is 0 Å². The normalized spacial score (nSPS) is 34.2. The molecule has 4 nitrogen and oxygen atoms in total. The molecule has 2 bridgehead atoms. The average Bonchev–Trinajstić information content (AvgIpc) is 2.79. The van der Waals surface area contributed by atoms with E-state index in [0.29, 0.717) is 12.8 Å². The van der Waals surface area contributed by atoms with Gasteiger partial charge in [0.1, 0.15) is 5.60 Å². The SMILES string of the molecule is C=C/C(C)=C/C[C@@H](O)[C@]12CO[C@@](C)(C1=O)[C@@H](O[Si](C)(C)C(C)(C)C)C[C@@H]2C(=C)C. The molecule has 164 valence electrons. The predicted octanol–water partition coefficient (Wildman–Crippen LogP) is 5.20. The standard InChI is InChI=1S/C24H40O4Si/c1-11-17(4)12-13-19(25)24-15-27-23(8,21(24)26)20(14-18(24)16(2)3)28-29(9,10)22(5,6)7/h11-12,18-20,25H,1-2,13-15H2,3-10H3/b17-12+/t18-,19-,20+,23-,24-/m1/s1. The minimum absolute atomic E-state index is 0.0325. The summed E-state index contributed by atoms with van der Waals surface area (Å²) in [6.45, 7) is 24.9. The molecule has 2 rings (SSSR count). The van der Waals surface area contributed by atoms with Gasteiger partial charge in [0.05, 0.1) is 24.2 Å². The fraction of sp³-hybridized carbons (Fsp3) is 0.708. The highest BCUT2D eigenvalue weighted by atomic mass is 28.4. The molecule has 0 radical (unpaired) electrons. The molecule has 0 aromatic carbocycles. The number of hydrogen-bond donors (Lipinski definition) is 1. The van der Waals surface area contributed by atoms with Gasteiger partial charge in [-0.05, 0) is 57.7 Å². The third kappa shape index (κ3) is 3.99. The number of hydrogen-bond acceptors (Lipinski definition) is 4. The number of aliphatic hydroxyl groups excluding tert-OH is 1. The Hall–Kier alpha value is -1.01. The van der Waals surface area contributed by atoms with Crippen LogP contribution in [0, 0.1) is 11.3 Å². The molecule has 0 aromatic rings. The summed E-state index contributed by atoms with van der Waals surface area (Å²) in [4.78, 5) is 13.8. The van der Waals surface area contributed by atoms with Gasteiger partial charge in [-0.2, -0.15) is 0 Å². The summed E-state index contributed by atoms with van der Waals surface area (Å²) in [6.07, 6.45) is 3.56. The fourth-order valence-electron chi connectivity index (χ4n) is 4.41. The van der Waals surface area contributed by atoms with Crippen LogP contribution in [0.15, 0.2) is 36.5 Å². The third-order valence-electron chi connectivity index (χ3n) is 7.59. The minimum Gasteiger partial charge on any atom is -0.411 e. The molecule has 1 saturated carbocycles. The molecule has 2 fully saturated rings. The number of fused-ring (bicyclic) bond motifs is 2.